The number of halogens is 2. The maximum absolute atomic E-state index is 13.9. The van der Waals surface area contributed by atoms with Crippen molar-refractivity contribution in [3.8, 4) is 5.75 Å². The molecule has 0 amide bonds. The third-order valence-corrected chi connectivity index (χ3v) is 3.89. The smallest absolute Gasteiger partial charge is 0.191 e. The van der Waals surface area contributed by atoms with Crippen molar-refractivity contribution in [2.24, 2.45) is 4.99 Å². The molecule has 1 aromatic rings. The summed E-state index contributed by atoms with van der Waals surface area (Å²) in [6.07, 6.45) is 2.22. The van der Waals surface area contributed by atoms with Crippen LogP contribution >= 0.6 is 24.0 Å². The summed E-state index contributed by atoms with van der Waals surface area (Å²) in [5, 5.41) is 6.46. The minimum atomic E-state index is -0.375. The Labute approximate surface area is 185 Å². The van der Waals surface area contributed by atoms with Gasteiger partial charge in [-0.15, -0.1) is 24.0 Å². The van der Waals surface area contributed by atoms with Gasteiger partial charge in [-0.3, -0.25) is 4.99 Å². The van der Waals surface area contributed by atoms with E-state index in [1.807, 2.05) is 19.9 Å². The minimum absolute atomic E-state index is 0. The summed E-state index contributed by atoms with van der Waals surface area (Å²) in [6, 6.07) is 4.84. The molecule has 0 radical (unpaired) electrons. The Morgan fingerprint density at radius 3 is 2.46 bits per heavy atom. The van der Waals surface area contributed by atoms with Gasteiger partial charge in [-0.1, -0.05) is 19.4 Å². The minimum Gasteiger partial charge on any atom is -0.494 e. The van der Waals surface area contributed by atoms with Crippen LogP contribution in [0.25, 0.3) is 0 Å². The fourth-order valence-corrected chi connectivity index (χ4v) is 2.35. The molecule has 1 unspecified atom stereocenters. The number of rotatable bonds is 13. The Morgan fingerprint density at radius 2 is 1.86 bits per heavy atom. The number of benzene rings is 1. The largest absolute Gasteiger partial charge is 0.494 e. The van der Waals surface area contributed by atoms with Crippen molar-refractivity contribution < 1.29 is 18.6 Å². The number of hydrogen-bond acceptors (Lipinski definition) is 4. The SMILES string of the molecule is CCCCOCCOCCN=C(NCC)NC(C)c1ccc(OC)c(F)c1.I. The molecule has 1 atom stereocenters. The Hall–Kier alpha value is -1.13. The van der Waals surface area contributed by atoms with E-state index in [0.717, 1.165) is 31.6 Å². The maximum atomic E-state index is 13.9. The van der Waals surface area contributed by atoms with Crippen molar-refractivity contribution in [2.75, 3.05) is 46.6 Å². The van der Waals surface area contributed by atoms with Gasteiger partial charge in [0.25, 0.3) is 0 Å². The van der Waals surface area contributed by atoms with E-state index in [1.54, 1.807) is 6.07 Å². The van der Waals surface area contributed by atoms with Crippen LogP contribution in [0.15, 0.2) is 23.2 Å². The second-order valence-corrected chi connectivity index (χ2v) is 6.10. The van der Waals surface area contributed by atoms with Gasteiger partial charge in [-0.2, -0.15) is 0 Å². The summed E-state index contributed by atoms with van der Waals surface area (Å²) in [7, 11) is 1.45. The van der Waals surface area contributed by atoms with E-state index in [-0.39, 0.29) is 41.6 Å². The molecule has 2 N–H and O–H groups in total. The first kappa shape index (κ1) is 26.9. The molecule has 0 aromatic heterocycles. The van der Waals surface area contributed by atoms with Crippen LogP contribution in [0.3, 0.4) is 0 Å². The Bertz CT molecular complexity index is 561. The summed E-state index contributed by atoms with van der Waals surface area (Å²) in [6.45, 7) is 9.87. The van der Waals surface area contributed by atoms with Crippen molar-refractivity contribution >= 4 is 29.9 Å². The van der Waals surface area contributed by atoms with Crippen LogP contribution < -0.4 is 15.4 Å². The van der Waals surface area contributed by atoms with Crippen LogP contribution in [0, 0.1) is 5.82 Å². The molecule has 1 aromatic carbocycles. The molecule has 0 saturated heterocycles. The van der Waals surface area contributed by atoms with Gasteiger partial charge in [0, 0.05) is 13.2 Å². The number of nitrogens with zero attached hydrogens (tertiary/aromatic N) is 1. The number of nitrogens with one attached hydrogen (secondary N) is 2. The number of unbranched alkanes of at least 4 members (excludes halogenated alkanes) is 1. The highest BCUT2D eigenvalue weighted by molar-refractivity contribution is 14.0. The van der Waals surface area contributed by atoms with Gasteiger partial charge in [0.1, 0.15) is 0 Å². The first-order valence-electron chi connectivity index (χ1n) is 9.66. The molecule has 0 saturated carbocycles. The number of ether oxygens (including phenoxy) is 3. The molecular weight excluding hydrogens is 476 g/mol. The quantitative estimate of drug-likeness (QED) is 0.182. The average molecular weight is 511 g/mol. The third kappa shape index (κ3) is 11.0. The van der Waals surface area contributed by atoms with Crippen molar-refractivity contribution in [1.29, 1.82) is 0 Å². The first-order chi connectivity index (χ1) is 13.1. The summed E-state index contributed by atoms with van der Waals surface area (Å²) < 4.78 is 29.8. The lowest BCUT2D eigenvalue weighted by molar-refractivity contribution is 0.0497. The summed E-state index contributed by atoms with van der Waals surface area (Å²) in [5.41, 5.74) is 0.819. The molecule has 6 nitrogen and oxygen atoms in total. The van der Waals surface area contributed by atoms with Gasteiger partial charge in [0.05, 0.1) is 39.5 Å². The zero-order chi connectivity index (χ0) is 19.9. The maximum Gasteiger partial charge on any atom is 0.191 e. The van der Waals surface area contributed by atoms with E-state index in [2.05, 4.69) is 22.5 Å². The molecule has 0 fully saturated rings. The van der Waals surface area contributed by atoms with Crippen LogP contribution in [0.1, 0.15) is 45.2 Å². The molecule has 28 heavy (non-hydrogen) atoms. The summed E-state index contributed by atoms with van der Waals surface area (Å²) in [5.74, 6) is 0.534. The van der Waals surface area contributed by atoms with E-state index in [4.69, 9.17) is 14.2 Å². The van der Waals surface area contributed by atoms with Gasteiger partial charge in [-0.05, 0) is 38.0 Å². The second kappa shape index (κ2) is 16.8. The zero-order valence-electron chi connectivity index (χ0n) is 17.4. The van der Waals surface area contributed by atoms with E-state index in [1.165, 1.54) is 13.2 Å². The van der Waals surface area contributed by atoms with E-state index in [9.17, 15) is 4.39 Å². The van der Waals surface area contributed by atoms with Crippen LogP contribution in [0.4, 0.5) is 4.39 Å². The van der Waals surface area contributed by atoms with Gasteiger partial charge in [-0.25, -0.2) is 4.39 Å². The Kier molecular flexibility index (Phi) is 16.1. The third-order valence-electron chi connectivity index (χ3n) is 3.89. The second-order valence-electron chi connectivity index (χ2n) is 6.10. The van der Waals surface area contributed by atoms with Crippen molar-refractivity contribution in [1.82, 2.24) is 10.6 Å². The van der Waals surface area contributed by atoms with Crippen molar-refractivity contribution in [3.63, 3.8) is 0 Å². The standard InChI is InChI=1S/C20H34FN3O3.HI/c1-5-7-11-26-13-14-27-12-10-23-20(22-6-2)24-16(3)17-8-9-19(25-4)18(21)15-17;/h8-9,15-16H,5-7,10-14H2,1-4H3,(H2,22,23,24);1H. The highest BCUT2D eigenvalue weighted by atomic mass is 127. The molecule has 0 aliphatic heterocycles. The molecule has 0 spiro atoms. The van der Waals surface area contributed by atoms with Gasteiger partial charge in [0.15, 0.2) is 17.5 Å². The molecule has 1 rings (SSSR count). The normalized spacial score (nSPS) is 12.2. The van der Waals surface area contributed by atoms with E-state index in [0.29, 0.717) is 32.3 Å². The van der Waals surface area contributed by atoms with Gasteiger partial charge < -0.3 is 24.8 Å². The van der Waals surface area contributed by atoms with Gasteiger partial charge >= 0.3 is 0 Å². The lowest BCUT2D eigenvalue weighted by Gasteiger charge is -2.18. The van der Waals surface area contributed by atoms with Crippen LogP contribution in [-0.2, 0) is 9.47 Å². The highest BCUT2D eigenvalue weighted by Gasteiger charge is 2.11. The lowest BCUT2D eigenvalue weighted by atomic mass is 10.1. The number of guanidine groups is 1. The van der Waals surface area contributed by atoms with Crippen molar-refractivity contribution in [3.05, 3.63) is 29.6 Å². The molecular formula is C20H35FIN3O3. The molecule has 0 bridgehead atoms. The van der Waals surface area contributed by atoms with Crippen LogP contribution in [0.2, 0.25) is 0 Å². The summed E-state index contributed by atoms with van der Waals surface area (Å²) >= 11 is 0. The molecule has 0 aliphatic carbocycles. The fourth-order valence-electron chi connectivity index (χ4n) is 2.35. The number of hydrogen-bond donors (Lipinski definition) is 2. The average Bonchev–Trinajstić information content (AvgIpc) is 2.66. The molecule has 0 heterocycles. The van der Waals surface area contributed by atoms with E-state index < -0.39 is 0 Å². The molecule has 0 aliphatic rings. The van der Waals surface area contributed by atoms with Gasteiger partial charge in [0.2, 0.25) is 0 Å². The van der Waals surface area contributed by atoms with Crippen LogP contribution in [0.5, 0.6) is 5.75 Å². The summed E-state index contributed by atoms with van der Waals surface area (Å²) in [4.78, 5) is 4.49. The monoisotopic (exact) mass is 511 g/mol. The van der Waals surface area contributed by atoms with Crippen molar-refractivity contribution in [2.45, 2.75) is 39.7 Å². The highest BCUT2D eigenvalue weighted by Crippen LogP contribution is 2.21. The molecule has 8 heteroatoms. The number of aliphatic imine (C=N–C) groups is 1. The van der Waals surface area contributed by atoms with Crippen LogP contribution in [-0.4, -0.2) is 52.6 Å². The Balaban J connectivity index is 0.00000729. The predicted molar refractivity (Wildman–Crippen MR) is 122 cm³/mol. The Morgan fingerprint density at radius 1 is 1.14 bits per heavy atom. The fraction of sp³-hybridized carbons (Fsp3) is 0.650. The zero-order valence-corrected chi connectivity index (χ0v) is 19.8. The number of methoxy groups -OCH3 is 1. The lowest BCUT2D eigenvalue weighted by Crippen LogP contribution is -2.39. The predicted octanol–water partition coefficient (Wildman–Crippen LogP) is 3.90. The first-order valence-corrected chi connectivity index (χ1v) is 9.66. The topological polar surface area (TPSA) is 64.1 Å². The van der Waals surface area contributed by atoms with E-state index >= 15 is 0 Å². The molecule has 162 valence electrons.